The first-order valence-corrected chi connectivity index (χ1v) is 14.3. The third-order valence-corrected chi connectivity index (χ3v) is 7.00. The van der Waals surface area contributed by atoms with Crippen LogP contribution in [-0.2, 0) is 0 Å². The topological polar surface area (TPSA) is 19.7 Å². The van der Waals surface area contributed by atoms with Gasteiger partial charge in [-0.15, -0.1) is 0 Å². The van der Waals surface area contributed by atoms with Crippen molar-refractivity contribution in [3.63, 3.8) is 0 Å². The number of nitrogens with one attached hydrogen (secondary N) is 1. The van der Waals surface area contributed by atoms with E-state index < -0.39 is 0 Å². The number of aromatic amines is 1. The molecule has 0 unspecified atom stereocenters. The molecule has 0 radical (unpaired) electrons. The molecule has 0 aliphatic heterocycles. The average Bonchev–Trinajstić information content (AvgIpc) is 3.25. The second-order valence-corrected chi connectivity index (χ2v) is 10.3. The summed E-state index contributed by atoms with van der Waals surface area (Å²) in [7, 11) is 0. The number of imidazole rings is 1. The van der Waals surface area contributed by atoms with Crippen molar-refractivity contribution in [1.82, 2.24) is 4.98 Å². The Morgan fingerprint density at radius 2 is 1.00 bits per heavy atom. The van der Waals surface area contributed by atoms with E-state index >= 15 is 0 Å². The lowest BCUT2D eigenvalue weighted by Crippen LogP contribution is -2.39. The van der Waals surface area contributed by atoms with Gasteiger partial charge in [-0.05, 0) is 26.7 Å². The molecule has 1 aromatic rings. The molecule has 0 saturated heterocycles. The summed E-state index contributed by atoms with van der Waals surface area (Å²) in [4.78, 5) is 3.59. The third kappa shape index (κ3) is 14.1. The number of aromatic nitrogens is 2. The largest absolute Gasteiger partial charge is 0.257 e. The monoisotopic (exact) mass is 433 g/mol. The van der Waals surface area contributed by atoms with Gasteiger partial charge >= 0.3 is 0 Å². The van der Waals surface area contributed by atoms with Crippen LogP contribution in [0.15, 0.2) is 12.4 Å². The van der Waals surface area contributed by atoms with Crippen LogP contribution in [0.3, 0.4) is 0 Å². The van der Waals surface area contributed by atoms with E-state index in [1.54, 1.807) is 0 Å². The summed E-state index contributed by atoms with van der Waals surface area (Å²) < 4.78 is 2.47. The number of hydrogen-bond acceptors (Lipinski definition) is 0. The van der Waals surface area contributed by atoms with Crippen molar-refractivity contribution in [2.45, 2.75) is 168 Å². The molecule has 1 heterocycles. The highest BCUT2D eigenvalue weighted by atomic mass is 15.1. The Bertz CT molecular complexity index is 491. The van der Waals surface area contributed by atoms with E-state index in [4.69, 9.17) is 0 Å². The zero-order valence-electron chi connectivity index (χ0n) is 21.9. The number of unbranched alkanes of at least 4 members (excludes halogenated alkanes) is 16. The summed E-state index contributed by atoms with van der Waals surface area (Å²) >= 11 is 0. The van der Waals surface area contributed by atoms with Crippen LogP contribution < -0.4 is 4.57 Å². The van der Waals surface area contributed by atoms with Crippen LogP contribution in [0, 0.1) is 0 Å². The lowest BCUT2D eigenvalue weighted by Gasteiger charge is -2.15. The minimum Gasteiger partial charge on any atom is -0.247 e. The number of H-pyrrole nitrogens is 1. The van der Waals surface area contributed by atoms with Crippen molar-refractivity contribution in [2.75, 3.05) is 0 Å². The molecule has 1 atom stereocenters. The Hall–Kier alpha value is -0.790. The van der Waals surface area contributed by atoms with Crippen molar-refractivity contribution in [1.29, 1.82) is 0 Å². The minimum atomic E-state index is 0.552. The first-order chi connectivity index (χ1) is 15.2. The quantitative estimate of drug-likeness (QED) is 0.139. The molecule has 2 heteroatoms. The summed E-state index contributed by atoms with van der Waals surface area (Å²) in [5, 5.41) is 0. The molecule has 0 amide bonds. The zero-order valence-corrected chi connectivity index (χ0v) is 21.9. The van der Waals surface area contributed by atoms with E-state index in [9.17, 15) is 0 Å². The van der Waals surface area contributed by atoms with Gasteiger partial charge in [0.05, 0.1) is 12.0 Å². The van der Waals surface area contributed by atoms with Crippen molar-refractivity contribution in [2.24, 2.45) is 0 Å². The lowest BCUT2D eigenvalue weighted by atomic mass is 9.93. The highest BCUT2D eigenvalue weighted by molar-refractivity contribution is 4.90. The summed E-state index contributed by atoms with van der Waals surface area (Å²) in [5.74, 6) is 2.19. The van der Waals surface area contributed by atoms with Crippen LogP contribution in [0.2, 0.25) is 0 Å². The van der Waals surface area contributed by atoms with Gasteiger partial charge in [0.25, 0.3) is 5.82 Å². The van der Waals surface area contributed by atoms with Gasteiger partial charge in [0.15, 0.2) is 0 Å². The Morgan fingerprint density at radius 3 is 1.42 bits per heavy atom. The summed E-state index contributed by atoms with van der Waals surface area (Å²) in [6, 6.07) is 0.552. The molecular formula is C29H57N2+. The SMILES string of the molecule is CCCCCCCCCCCCCCCC[C@H](CCCCCC)c1[nH]cc[n+]1C(C)C. The summed E-state index contributed by atoms with van der Waals surface area (Å²) in [6.07, 6.45) is 32.8. The highest BCUT2D eigenvalue weighted by Gasteiger charge is 2.23. The fraction of sp³-hybridized carbons (Fsp3) is 0.897. The van der Waals surface area contributed by atoms with Gasteiger partial charge in [0.2, 0.25) is 0 Å². The van der Waals surface area contributed by atoms with E-state index in [0.717, 1.165) is 0 Å². The summed E-state index contributed by atoms with van der Waals surface area (Å²) in [5.41, 5.74) is 0. The fourth-order valence-electron chi connectivity index (χ4n) is 4.96. The highest BCUT2D eigenvalue weighted by Crippen LogP contribution is 2.26. The molecule has 1 N–H and O–H groups in total. The van der Waals surface area contributed by atoms with Gasteiger partial charge in [-0.1, -0.05) is 129 Å². The molecule has 1 aromatic heterocycles. The molecule has 0 bridgehead atoms. The van der Waals surface area contributed by atoms with E-state index in [-0.39, 0.29) is 0 Å². The zero-order chi connectivity index (χ0) is 22.6. The van der Waals surface area contributed by atoms with Crippen molar-refractivity contribution < 1.29 is 4.57 Å². The van der Waals surface area contributed by atoms with Crippen LogP contribution in [0.1, 0.15) is 174 Å². The van der Waals surface area contributed by atoms with E-state index in [1.165, 1.54) is 134 Å². The second-order valence-electron chi connectivity index (χ2n) is 10.3. The Morgan fingerprint density at radius 1 is 0.613 bits per heavy atom. The first kappa shape index (κ1) is 28.2. The van der Waals surface area contributed by atoms with Crippen LogP contribution >= 0.6 is 0 Å². The predicted octanol–water partition coefficient (Wildman–Crippen LogP) is 9.81. The van der Waals surface area contributed by atoms with E-state index in [2.05, 4.69) is 49.6 Å². The van der Waals surface area contributed by atoms with Gasteiger partial charge in [0.1, 0.15) is 12.4 Å². The summed E-state index contributed by atoms with van der Waals surface area (Å²) in [6.45, 7) is 9.22. The van der Waals surface area contributed by atoms with Crippen molar-refractivity contribution >= 4 is 0 Å². The van der Waals surface area contributed by atoms with E-state index in [1.807, 2.05) is 0 Å². The van der Waals surface area contributed by atoms with Gasteiger partial charge in [0, 0.05) is 0 Å². The Balaban J connectivity index is 2.13. The Kier molecular flexibility index (Phi) is 18.1. The third-order valence-electron chi connectivity index (χ3n) is 7.00. The van der Waals surface area contributed by atoms with Crippen LogP contribution in [0.25, 0.3) is 0 Å². The van der Waals surface area contributed by atoms with Crippen molar-refractivity contribution in [3.05, 3.63) is 18.2 Å². The Labute approximate surface area is 196 Å². The minimum absolute atomic E-state index is 0.552. The maximum Gasteiger partial charge on any atom is 0.257 e. The first-order valence-electron chi connectivity index (χ1n) is 14.3. The van der Waals surface area contributed by atoms with Crippen LogP contribution in [0.4, 0.5) is 0 Å². The molecular weight excluding hydrogens is 376 g/mol. The van der Waals surface area contributed by atoms with Crippen LogP contribution in [-0.4, -0.2) is 4.98 Å². The normalized spacial score (nSPS) is 12.7. The standard InChI is InChI=1S/C29H56N2/c1-5-7-9-11-12-13-14-15-16-17-18-19-20-22-24-28(23-21-10-8-6-2)29-30-25-26-31(29)27(3)4/h25-28H,5-24H2,1-4H3/p+1/t28-/m0/s1. The second kappa shape index (κ2) is 19.9. The molecule has 182 valence electrons. The molecule has 0 fully saturated rings. The van der Waals surface area contributed by atoms with Gasteiger partial charge in [-0.25, -0.2) is 9.55 Å². The predicted molar refractivity (Wildman–Crippen MR) is 138 cm³/mol. The number of rotatable bonds is 22. The smallest absolute Gasteiger partial charge is 0.247 e. The van der Waals surface area contributed by atoms with Gasteiger partial charge < -0.3 is 0 Å². The lowest BCUT2D eigenvalue weighted by molar-refractivity contribution is -0.723. The average molecular weight is 434 g/mol. The molecule has 0 saturated carbocycles. The fourth-order valence-corrected chi connectivity index (χ4v) is 4.96. The van der Waals surface area contributed by atoms with Gasteiger partial charge in [-0.2, -0.15) is 0 Å². The molecule has 0 aliphatic carbocycles. The maximum atomic E-state index is 3.59. The molecule has 0 aliphatic rings. The molecule has 0 spiro atoms. The van der Waals surface area contributed by atoms with Crippen LogP contribution in [0.5, 0.6) is 0 Å². The molecule has 2 nitrogen and oxygen atoms in total. The molecule has 0 aromatic carbocycles. The molecule has 1 rings (SSSR count). The van der Waals surface area contributed by atoms with E-state index in [0.29, 0.717) is 12.0 Å². The number of nitrogens with zero attached hydrogens (tertiary/aromatic N) is 1. The van der Waals surface area contributed by atoms with Crippen molar-refractivity contribution in [3.8, 4) is 0 Å². The maximum absolute atomic E-state index is 3.59. The molecule has 31 heavy (non-hydrogen) atoms. The number of hydrogen-bond donors (Lipinski definition) is 1. The van der Waals surface area contributed by atoms with Gasteiger partial charge in [-0.3, -0.25) is 0 Å².